The van der Waals surface area contributed by atoms with E-state index >= 15 is 0 Å². The molecule has 74 valence electrons. The molecule has 0 saturated heterocycles. The average molecular weight is 213 g/mol. The predicted molar refractivity (Wildman–Crippen MR) is 51.0 cm³/mol. The summed E-state index contributed by atoms with van der Waals surface area (Å²) in [6, 6.07) is 0. The number of hydrogen-bond acceptors (Lipinski definition) is 3. The fourth-order valence-corrected chi connectivity index (χ4v) is 2.27. The number of hydrogen-bond donors (Lipinski definition) is 0. The summed E-state index contributed by atoms with van der Waals surface area (Å²) in [5.41, 5.74) is 0. The Hall–Kier alpha value is 0.220. The van der Waals surface area contributed by atoms with Crippen LogP contribution in [0.4, 0.5) is 0 Å². The Labute approximate surface area is 77.2 Å². The van der Waals surface area contributed by atoms with E-state index < -0.39 is 21.2 Å². The van der Waals surface area contributed by atoms with E-state index in [2.05, 4.69) is 0 Å². The Morgan fingerprint density at radius 3 is 2.25 bits per heavy atom. The standard InChI is InChI=1S/C6H15NO3S2/c1-4-7(12(3,9)10)5-6-11(2)8/h4-6H2,1-3H3. The largest absolute Gasteiger partial charge is 0.617 e. The van der Waals surface area contributed by atoms with Crippen molar-refractivity contribution in [3.8, 4) is 0 Å². The summed E-state index contributed by atoms with van der Waals surface area (Å²) in [6.45, 7) is 2.55. The van der Waals surface area contributed by atoms with Crippen LogP contribution in [0.25, 0.3) is 0 Å². The van der Waals surface area contributed by atoms with Gasteiger partial charge in [-0.05, 0) is 0 Å². The molecule has 0 saturated carbocycles. The first-order chi connectivity index (χ1) is 5.38. The Balaban J connectivity index is 4.03. The lowest BCUT2D eigenvalue weighted by molar-refractivity contribution is 0.449. The molecule has 0 aliphatic heterocycles. The van der Waals surface area contributed by atoms with Gasteiger partial charge in [0.05, 0.1) is 19.1 Å². The lowest BCUT2D eigenvalue weighted by Gasteiger charge is -2.17. The number of nitrogens with zero attached hydrogens (tertiary/aromatic N) is 1. The monoisotopic (exact) mass is 213 g/mol. The van der Waals surface area contributed by atoms with E-state index in [4.69, 9.17) is 0 Å². The summed E-state index contributed by atoms with van der Waals surface area (Å²) in [5.74, 6) is 0.404. The molecular formula is C6H15NO3S2. The van der Waals surface area contributed by atoms with E-state index in [-0.39, 0.29) is 0 Å². The lowest BCUT2D eigenvalue weighted by atomic mass is 10.7. The quantitative estimate of drug-likeness (QED) is 0.586. The Bertz CT molecular complexity index is 213. The lowest BCUT2D eigenvalue weighted by Crippen LogP contribution is -2.33. The van der Waals surface area contributed by atoms with Crippen LogP contribution in [-0.2, 0) is 21.2 Å². The van der Waals surface area contributed by atoms with Gasteiger partial charge in [-0.25, -0.2) is 8.42 Å². The summed E-state index contributed by atoms with van der Waals surface area (Å²) in [7, 11) is -3.11. The third kappa shape index (κ3) is 4.97. The molecule has 0 bridgehead atoms. The van der Waals surface area contributed by atoms with Gasteiger partial charge in [0.15, 0.2) is 0 Å². The van der Waals surface area contributed by atoms with Crippen LogP contribution < -0.4 is 0 Å². The van der Waals surface area contributed by atoms with E-state index in [1.54, 1.807) is 13.2 Å². The van der Waals surface area contributed by atoms with Gasteiger partial charge in [-0.15, -0.1) is 0 Å². The van der Waals surface area contributed by atoms with E-state index in [1.165, 1.54) is 4.31 Å². The first-order valence-corrected chi connectivity index (χ1v) is 7.20. The zero-order chi connectivity index (χ0) is 9.78. The van der Waals surface area contributed by atoms with Crippen molar-refractivity contribution in [2.45, 2.75) is 6.92 Å². The van der Waals surface area contributed by atoms with Crippen molar-refractivity contribution < 1.29 is 13.0 Å². The maximum absolute atomic E-state index is 11.0. The van der Waals surface area contributed by atoms with Crippen LogP contribution >= 0.6 is 0 Å². The third-order valence-corrected chi connectivity index (χ3v) is 3.59. The summed E-state index contributed by atoms with van der Waals surface area (Å²) in [5, 5.41) is 0. The molecule has 1 unspecified atom stereocenters. The fraction of sp³-hybridized carbons (Fsp3) is 1.00. The normalized spacial score (nSPS) is 15.1. The topological polar surface area (TPSA) is 60.4 Å². The van der Waals surface area contributed by atoms with Gasteiger partial charge in [0.1, 0.15) is 5.75 Å². The minimum atomic E-state index is -3.11. The van der Waals surface area contributed by atoms with Crippen LogP contribution in [0.3, 0.4) is 0 Å². The van der Waals surface area contributed by atoms with Crippen LogP contribution in [0.5, 0.6) is 0 Å². The first kappa shape index (κ1) is 12.2. The maximum Gasteiger partial charge on any atom is 0.211 e. The molecule has 4 nitrogen and oxygen atoms in total. The van der Waals surface area contributed by atoms with Crippen molar-refractivity contribution in [3.63, 3.8) is 0 Å². The highest BCUT2D eigenvalue weighted by Gasteiger charge is 2.15. The minimum Gasteiger partial charge on any atom is -0.617 e. The van der Waals surface area contributed by atoms with Crippen LogP contribution in [0, 0.1) is 0 Å². The van der Waals surface area contributed by atoms with Gasteiger partial charge in [0.25, 0.3) is 0 Å². The SMILES string of the molecule is CCN(CC[S+](C)[O-])S(C)(=O)=O. The summed E-state index contributed by atoms with van der Waals surface area (Å²) in [4.78, 5) is 0. The highest BCUT2D eigenvalue weighted by molar-refractivity contribution is 7.90. The Kier molecular flexibility index (Phi) is 5.15. The van der Waals surface area contributed by atoms with E-state index in [0.29, 0.717) is 18.8 Å². The van der Waals surface area contributed by atoms with Crippen molar-refractivity contribution in [2.24, 2.45) is 0 Å². The molecule has 0 heterocycles. The second-order valence-electron chi connectivity index (χ2n) is 2.53. The minimum absolute atomic E-state index is 0.346. The van der Waals surface area contributed by atoms with Crippen molar-refractivity contribution in [2.75, 3.05) is 31.4 Å². The summed E-state index contributed by atoms with van der Waals surface area (Å²) in [6.07, 6.45) is 2.73. The molecule has 0 amide bonds. The molecule has 0 aromatic carbocycles. The number of sulfonamides is 1. The van der Waals surface area contributed by atoms with E-state index in [1.807, 2.05) is 0 Å². The second-order valence-corrected chi connectivity index (χ2v) is 6.07. The third-order valence-electron chi connectivity index (χ3n) is 1.45. The molecule has 0 aliphatic rings. The highest BCUT2D eigenvalue weighted by atomic mass is 32.2. The molecule has 0 spiro atoms. The maximum atomic E-state index is 11.0. The van der Waals surface area contributed by atoms with Gasteiger partial charge in [-0.1, -0.05) is 18.1 Å². The van der Waals surface area contributed by atoms with Gasteiger partial charge in [-0.2, -0.15) is 4.31 Å². The molecule has 0 fully saturated rings. The van der Waals surface area contributed by atoms with Gasteiger partial charge in [0.2, 0.25) is 10.0 Å². The van der Waals surface area contributed by atoms with Crippen LogP contribution in [0.15, 0.2) is 0 Å². The van der Waals surface area contributed by atoms with Crippen LogP contribution in [0.2, 0.25) is 0 Å². The van der Waals surface area contributed by atoms with Gasteiger partial charge in [-0.3, -0.25) is 0 Å². The zero-order valence-electron chi connectivity index (χ0n) is 7.61. The molecule has 0 rings (SSSR count). The molecule has 12 heavy (non-hydrogen) atoms. The fourth-order valence-electron chi connectivity index (χ4n) is 0.789. The van der Waals surface area contributed by atoms with Crippen LogP contribution in [-0.4, -0.2) is 48.6 Å². The van der Waals surface area contributed by atoms with E-state index in [9.17, 15) is 13.0 Å². The van der Waals surface area contributed by atoms with Crippen LogP contribution in [0.1, 0.15) is 6.92 Å². The van der Waals surface area contributed by atoms with Gasteiger partial charge >= 0.3 is 0 Å². The molecule has 0 aromatic rings. The van der Waals surface area contributed by atoms with Crippen molar-refractivity contribution in [1.29, 1.82) is 0 Å². The van der Waals surface area contributed by atoms with Crippen molar-refractivity contribution in [1.82, 2.24) is 4.31 Å². The molecule has 0 radical (unpaired) electrons. The molecular weight excluding hydrogens is 198 g/mol. The van der Waals surface area contributed by atoms with Crippen molar-refractivity contribution >= 4 is 21.2 Å². The summed E-state index contributed by atoms with van der Waals surface area (Å²) >= 11 is -0.929. The smallest absolute Gasteiger partial charge is 0.211 e. The molecule has 0 aliphatic carbocycles. The van der Waals surface area contributed by atoms with Crippen molar-refractivity contribution in [3.05, 3.63) is 0 Å². The second kappa shape index (κ2) is 5.06. The number of rotatable bonds is 5. The van der Waals surface area contributed by atoms with Gasteiger partial charge < -0.3 is 4.55 Å². The average Bonchev–Trinajstić information content (AvgIpc) is 1.85. The zero-order valence-corrected chi connectivity index (χ0v) is 9.24. The molecule has 6 heteroatoms. The summed E-state index contributed by atoms with van der Waals surface area (Å²) < 4.78 is 34.0. The van der Waals surface area contributed by atoms with E-state index in [0.717, 1.165) is 6.26 Å². The molecule has 1 atom stereocenters. The Morgan fingerprint density at radius 1 is 1.50 bits per heavy atom. The highest BCUT2D eigenvalue weighted by Crippen LogP contribution is 1.97. The predicted octanol–water partition coefficient (Wildman–Crippen LogP) is -0.354. The van der Waals surface area contributed by atoms with Gasteiger partial charge in [0, 0.05) is 6.54 Å². The first-order valence-electron chi connectivity index (χ1n) is 3.63. The molecule has 0 N–H and O–H groups in total. The Morgan fingerprint density at radius 2 is 2.00 bits per heavy atom. The molecule has 0 aromatic heterocycles.